The second kappa shape index (κ2) is 7.56. The summed E-state index contributed by atoms with van der Waals surface area (Å²) in [6.45, 7) is 4.53. The largest absolute Gasteiger partial charge is 0.381 e. The van der Waals surface area contributed by atoms with Gasteiger partial charge in [0.1, 0.15) is 5.82 Å². The summed E-state index contributed by atoms with van der Waals surface area (Å²) in [7, 11) is 0. The minimum atomic E-state index is -0.366. The monoisotopic (exact) mass is 376 g/mol. The Bertz CT molecular complexity index is 696. The topological polar surface area (TPSA) is 59.1 Å². The van der Waals surface area contributed by atoms with Crippen molar-refractivity contribution >= 4 is 11.8 Å². The van der Waals surface area contributed by atoms with Crippen molar-refractivity contribution in [3.05, 3.63) is 35.6 Å². The third-order valence-electron chi connectivity index (χ3n) is 6.14. The van der Waals surface area contributed by atoms with Gasteiger partial charge >= 0.3 is 0 Å². The molecule has 1 spiro atoms. The molecular formula is C20H25FN2O4. The average Bonchev–Trinajstić information content (AvgIpc) is 3.07. The summed E-state index contributed by atoms with van der Waals surface area (Å²) < 4.78 is 24.1. The molecule has 146 valence electrons. The highest BCUT2D eigenvalue weighted by Gasteiger charge is 2.52. The van der Waals surface area contributed by atoms with Crippen molar-refractivity contribution < 1.29 is 23.5 Å². The number of nitrogens with zero attached hydrogens (tertiary/aromatic N) is 2. The van der Waals surface area contributed by atoms with Crippen LogP contribution in [0.25, 0.3) is 0 Å². The number of amides is 2. The van der Waals surface area contributed by atoms with E-state index in [1.807, 2.05) is 4.90 Å². The fourth-order valence-corrected chi connectivity index (χ4v) is 4.53. The highest BCUT2D eigenvalue weighted by molar-refractivity contribution is 5.95. The predicted octanol–water partition coefficient (Wildman–Crippen LogP) is 1.55. The van der Waals surface area contributed by atoms with Gasteiger partial charge in [0.2, 0.25) is 5.91 Å². The third kappa shape index (κ3) is 3.58. The first-order valence-corrected chi connectivity index (χ1v) is 9.58. The average molecular weight is 376 g/mol. The number of ether oxygens (including phenoxy) is 2. The highest BCUT2D eigenvalue weighted by atomic mass is 19.1. The normalized spacial score (nSPS) is 25.0. The number of rotatable bonds is 2. The van der Waals surface area contributed by atoms with Gasteiger partial charge in [-0.15, -0.1) is 0 Å². The van der Waals surface area contributed by atoms with E-state index in [0.29, 0.717) is 58.2 Å². The molecule has 0 saturated carbocycles. The molecule has 6 nitrogen and oxygen atoms in total. The highest BCUT2D eigenvalue weighted by Crippen LogP contribution is 2.45. The summed E-state index contributed by atoms with van der Waals surface area (Å²) in [5, 5.41) is 0. The van der Waals surface area contributed by atoms with Crippen LogP contribution in [0.3, 0.4) is 0 Å². The molecule has 1 atom stereocenters. The predicted molar refractivity (Wildman–Crippen MR) is 95.7 cm³/mol. The summed E-state index contributed by atoms with van der Waals surface area (Å²) in [5.41, 5.74) is 0.224. The molecule has 7 heteroatoms. The van der Waals surface area contributed by atoms with E-state index >= 15 is 0 Å². The molecule has 0 aromatic heterocycles. The summed E-state index contributed by atoms with van der Waals surface area (Å²) in [6.07, 6.45) is 1.56. The van der Waals surface area contributed by atoms with Gasteiger partial charge in [0.05, 0.1) is 19.1 Å². The number of likely N-dealkylation sites (tertiary alicyclic amines) is 1. The maximum Gasteiger partial charge on any atom is 0.253 e. The molecule has 0 radical (unpaired) electrons. The Hall–Kier alpha value is -1.99. The van der Waals surface area contributed by atoms with E-state index in [2.05, 4.69) is 0 Å². The second-order valence-corrected chi connectivity index (χ2v) is 7.66. The van der Waals surface area contributed by atoms with Gasteiger partial charge in [0.25, 0.3) is 5.91 Å². The summed E-state index contributed by atoms with van der Waals surface area (Å²) in [6, 6.07) is 5.60. The molecule has 0 bridgehead atoms. The molecule has 4 rings (SSSR count). The van der Waals surface area contributed by atoms with Crippen molar-refractivity contribution in [2.24, 2.45) is 11.3 Å². The maximum absolute atomic E-state index is 13.3. The number of carbonyl (C=O) groups is 2. The Kier molecular flexibility index (Phi) is 5.14. The minimum Gasteiger partial charge on any atom is -0.381 e. The Morgan fingerprint density at radius 2 is 1.59 bits per heavy atom. The van der Waals surface area contributed by atoms with Crippen molar-refractivity contribution in [1.82, 2.24) is 9.80 Å². The van der Waals surface area contributed by atoms with Crippen LogP contribution in [0.1, 0.15) is 23.2 Å². The fourth-order valence-electron chi connectivity index (χ4n) is 4.53. The third-order valence-corrected chi connectivity index (χ3v) is 6.14. The lowest BCUT2D eigenvalue weighted by Gasteiger charge is -2.39. The molecule has 1 unspecified atom stereocenters. The van der Waals surface area contributed by atoms with Crippen molar-refractivity contribution in [2.75, 3.05) is 52.6 Å². The maximum atomic E-state index is 13.3. The number of benzene rings is 1. The number of hydrogen-bond acceptors (Lipinski definition) is 4. The lowest BCUT2D eigenvalue weighted by molar-refractivity contribution is -0.144. The first-order chi connectivity index (χ1) is 13.1. The van der Waals surface area contributed by atoms with Crippen molar-refractivity contribution in [1.29, 1.82) is 0 Å². The lowest BCUT2D eigenvalue weighted by Crippen LogP contribution is -2.49. The second-order valence-electron chi connectivity index (χ2n) is 7.66. The zero-order valence-electron chi connectivity index (χ0n) is 15.4. The number of carbonyl (C=O) groups excluding carboxylic acids is 2. The van der Waals surface area contributed by atoms with Crippen LogP contribution in [0.5, 0.6) is 0 Å². The number of halogens is 1. The van der Waals surface area contributed by atoms with Gasteiger partial charge in [-0.25, -0.2) is 4.39 Å². The number of hydrogen-bond donors (Lipinski definition) is 0. The Morgan fingerprint density at radius 1 is 0.963 bits per heavy atom. The van der Waals surface area contributed by atoms with Gasteiger partial charge < -0.3 is 19.3 Å². The Labute approximate surface area is 158 Å². The zero-order valence-corrected chi connectivity index (χ0v) is 15.4. The van der Waals surface area contributed by atoms with Gasteiger partial charge in [0, 0.05) is 50.4 Å². The van der Waals surface area contributed by atoms with E-state index in [4.69, 9.17) is 9.47 Å². The van der Waals surface area contributed by atoms with Crippen LogP contribution in [0.15, 0.2) is 24.3 Å². The molecule has 0 aliphatic carbocycles. The van der Waals surface area contributed by atoms with E-state index in [1.165, 1.54) is 24.3 Å². The van der Waals surface area contributed by atoms with Crippen LogP contribution >= 0.6 is 0 Å². The van der Waals surface area contributed by atoms with Crippen LogP contribution in [0.4, 0.5) is 4.39 Å². The summed E-state index contributed by atoms with van der Waals surface area (Å²) in [5.74, 6) is -0.606. The quantitative estimate of drug-likeness (QED) is 0.786. The molecule has 3 aliphatic rings. The SMILES string of the molecule is O=C(c1ccc(F)cc1)N1CC(C(=O)N2CCOCC2)C2(CCOCC2)C1. The van der Waals surface area contributed by atoms with Gasteiger partial charge in [-0.05, 0) is 37.1 Å². The van der Waals surface area contributed by atoms with Crippen molar-refractivity contribution in [2.45, 2.75) is 12.8 Å². The van der Waals surface area contributed by atoms with E-state index in [1.54, 1.807) is 4.90 Å². The molecule has 0 N–H and O–H groups in total. The zero-order chi connectivity index (χ0) is 18.9. The van der Waals surface area contributed by atoms with E-state index in [9.17, 15) is 14.0 Å². The molecular weight excluding hydrogens is 351 g/mol. The van der Waals surface area contributed by atoms with Crippen LogP contribution in [-0.4, -0.2) is 74.2 Å². The fraction of sp³-hybridized carbons (Fsp3) is 0.600. The van der Waals surface area contributed by atoms with Crippen LogP contribution in [-0.2, 0) is 14.3 Å². The minimum absolute atomic E-state index is 0.120. The van der Waals surface area contributed by atoms with Crippen molar-refractivity contribution in [3.8, 4) is 0 Å². The molecule has 3 fully saturated rings. The van der Waals surface area contributed by atoms with Crippen LogP contribution in [0, 0.1) is 17.2 Å². The molecule has 1 aromatic carbocycles. The smallest absolute Gasteiger partial charge is 0.253 e. The molecule has 3 aliphatic heterocycles. The van der Waals surface area contributed by atoms with E-state index in [0.717, 1.165) is 12.8 Å². The van der Waals surface area contributed by atoms with Crippen LogP contribution < -0.4 is 0 Å². The number of morpholine rings is 1. The van der Waals surface area contributed by atoms with Crippen LogP contribution in [0.2, 0.25) is 0 Å². The van der Waals surface area contributed by atoms with Gasteiger partial charge in [-0.3, -0.25) is 9.59 Å². The Morgan fingerprint density at radius 3 is 2.26 bits per heavy atom. The standard InChI is InChI=1S/C20H25FN2O4/c21-16-3-1-15(2-4-16)18(24)23-13-17(19(25)22-7-11-27-12-8-22)20(14-23)5-9-26-10-6-20/h1-4,17H,5-14H2. The molecule has 1 aromatic rings. The first kappa shape index (κ1) is 18.4. The summed E-state index contributed by atoms with van der Waals surface area (Å²) >= 11 is 0. The van der Waals surface area contributed by atoms with Gasteiger partial charge in [-0.2, -0.15) is 0 Å². The molecule has 27 heavy (non-hydrogen) atoms. The van der Waals surface area contributed by atoms with E-state index < -0.39 is 0 Å². The van der Waals surface area contributed by atoms with Gasteiger partial charge in [-0.1, -0.05) is 0 Å². The lowest BCUT2D eigenvalue weighted by atomic mass is 9.71. The summed E-state index contributed by atoms with van der Waals surface area (Å²) in [4.78, 5) is 29.9. The molecule has 3 heterocycles. The van der Waals surface area contributed by atoms with Gasteiger partial charge in [0.15, 0.2) is 0 Å². The molecule has 2 amide bonds. The first-order valence-electron chi connectivity index (χ1n) is 9.58. The van der Waals surface area contributed by atoms with E-state index in [-0.39, 0.29) is 29.0 Å². The van der Waals surface area contributed by atoms with Crippen molar-refractivity contribution in [3.63, 3.8) is 0 Å². The Balaban J connectivity index is 1.56. The molecule has 3 saturated heterocycles.